The van der Waals surface area contributed by atoms with Crippen LogP contribution in [0.15, 0.2) is 24.3 Å². The minimum atomic E-state index is -0.0216. The molecule has 3 heteroatoms. The van der Waals surface area contributed by atoms with Gasteiger partial charge in [0.2, 0.25) is 0 Å². The number of hydrogen-bond acceptors (Lipinski definition) is 3. The smallest absolute Gasteiger partial charge is 0.119 e. The average molecular weight is 249 g/mol. The van der Waals surface area contributed by atoms with Crippen molar-refractivity contribution in [2.45, 2.75) is 38.8 Å². The van der Waals surface area contributed by atoms with Crippen molar-refractivity contribution in [3.63, 3.8) is 0 Å². The number of rotatable bonds is 5. The van der Waals surface area contributed by atoms with E-state index in [4.69, 9.17) is 15.2 Å². The maximum absolute atomic E-state index is 6.21. The summed E-state index contributed by atoms with van der Waals surface area (Å²) in [6.45, 7) is 5.87. The first-order valence-corrected chi connectivity index (χ1v) is 6.77. The Hall–Kier alpha value is -1.06. The van der Waals surface area contributed by atoms with Crippen molar-refractivity contribution in [1.82, 2.24) is 0 Å². The summed E-state index contributed by atoms with van der Waals surface area (Å²) < 4.78 is 11.3. The fraction of sp³-hybridized carbons (Fsp3) is 0.600. The molecule has 1 saturated heterocycles. The summed E-state index contributed by atoms with van der Waals surface area (Å²) in [6.07, 6.45) is 2.35. The largest absolute Gasteiger partial charge is 0.493 e. The number of nitrogens with two attached hydrogens (primary N) is 1. The first-order chi connectivity index (χ1) is 8.66. The molecule has 100 valence electrons. The molecule has 1 aromatic carbocycles. The summed E-state index contributed by atoms with van der Waals surface area (Å²) in [5.41, 5.74) is 7.33. The Morgan fingerprint density at radius 3 is 2.61 bits per heavy atom. The molecule has 1 aromatic rings. The normalized spacial score (nSPS) is 21.2. The van der Waals surface area contributed by atoms with Gasteiger partial charge in [0.05, 0.1) is 18.8 Å². The standard InChI is InChI=1S/C15H23NO2/c1-11(2)10-18-13-7-5-12(6-8-13)15(16)14-4-3-9-17-14/h5-8,11,14-15H,3-4,9-10,16H2,1-2H3. The highest BCUT2D eigenvalue weighted by atomic mass is 16.5. The molecule has 0 saturated carbocycles. The highest BCUT2D eigenvalue weighted by Crippen LogP contribution is 2.26. The molecule has 0 aliphatic carbocycles. The predicted octanol–water partition coefficient (Wildman–Crippen LogP) is 2.90. The van der Waals surface area contributed by atoms with Crippen LogP contribution in [0.4, 0.5) is 0 Å². The van der Waals surface area contributed by atoms with E-state index in [1.807, 2.05) is 24.3 Å². The summed E-state index contributed by atoms with van der Waals surface area (Å²) in [5, 5.41) is 0. The quantitative estimate of drug-likeness (QED) is 0.872. The van der Waals surface area contributed by atoms with Crippen molar-refractivity contribution in [3.05, 3.63) is 29.8 Å². The monoisotopic (exact) mass is 249 g/mol. The van der Waals surface area contributed by atoms with Crippen LogP contribution in [0.1, 0.15) is 38.3 Å². The average Bonchev–Trinajstić information content (AvgIpc) is 2.90. The summed E-state index contributed by atoms with van der Waals surface area (Å²) in [7, 11) is 0. The SMILES string of the molecule is CC(C)COc1ccc(C(N)C2CCCO2)cc1. The Labute approximate surface area is 109 Å². The van der Waals surface area contributed by atoms with Gasteiger partial charge in [-0.2, -0.15) is 0 Å². The van der Waals surface area contributed by atoms with E-state index in [2.05, 4.69) is 13.8 Å². The summed E-state index contributed by atoms with van der Waals surface area (Å²) in [5.74, 6) is 1.45. The lowest BCUT2D eigenvalue weighted by Crippen LogP contribution is -2.25. The molecule has 0 radical (unpaired) electrons. The zero-order valence-electron chi connectivity index (χ0n) is 11.3. The van der Waals surface area contributed by atoms with Crippen LogP contribution in [0.5, 0.6) is 5.75 Å². The fourth-order valence-corrected chi connectivity index (χ4v) is 2.15. The van der Waals surface area contributed by atoms with E-state index in [-0.39, 0.29) is 12.1 Å². The second-order valence-electron chi connectivity index (χ2n) is 5.35. The predicted molar refractivity (Wildman–Crippen MR) is 72.7 cm³/mol. The van der Waals surface area contributed by atoms with Gasteiger partial charge in [-0.1, -0.05) is 26.0 Å². The van der Waals surface area contributed by atoms with Gasteiger partial charge in [0.1, 0.15) is 5.75 Å². The van der Waals surface area contributed by atoms with Crippen LogP contribution >= 0.6 is 0 Å². The second-order valence-corrected chi connectivity index (χ2v) is 5.35. The third kappa shape index (κ3) is 3.47. The van der Waals surface area contributed by atoms with Gasteiger partial charge in [-0.05, 0) is 36.5 Å². The molecule has 0 bridgehead atoms. The highest BCUT2D eigenvalue weighted by Gasteiger charge is 2.23. The first-order valence-electron chi connectivity index (χ1n) is 6.77. The second kappa shape index (κ2) is 6.21. The maximum atomic E-state index is 6.21. The molecule has 0 aromatic heterocycles. The van der Waals surface area contributed by atoms with Crippen LogP contribution in [0.25, 0.3) is 0 Å². The number of hydrogen-bond donors (Lipinski definition) is 1. The van der Waals surface area contributed by atoms with E-state index in [0.717, 1.165) is 37.4 Å². The van der Waals surface area contributed by atoms with Crippen LogP contribution in [-0.2, 0) is 4.74 Å². The zero-order chi connectivity index (χ0) is 13.0. The lowest BCUT2D eigenvalue weighted by Gasteiger charge is -2.19. The van der Waals surface area contributed by atoms with Crippen LogP contribution in [0.2, 0.25) is 0 Å². The van der Waals surface area contributed by atoms with E-state index >= 15 is 0 Å². The van der Waals surface area contributed by atoms with Gasteiger partial charge in [-0.3, -0.25) is 0 Å². The van der Waals surface area contributed by atoms with E-state index in [9.17, 15) is 0 Å². The van der Waals surface area contributed by atoms with Crippen molar-refractivity contribution in [2.24, 2.45) is 11.7 Å². The Bertz CT molecular complexity index is 355. The summed E-state index contributed by atoms with van der Waals surface area (Å²) >= 11 is 0. The molecule has 1 aliphatic heterocycles. The van der Waals surface area contributed by atoms with Gasteiger partial charge in [0, 0.05) is 6.61 Å². The van der Waals surface area contributed by atoms with Gasteiger partial charge < -0.3 is 15.2 Å². The van der Waals surface area contributed by atoms with E-state index in [0.29, 0.717) is 5.92 Å². The van der Waals surface area contributed by atoms with Crippen LogP contribution < -0.4 is 10.5 Å². The van der Waals surface area contributed by atoms with Gasteiger partial charge in [-0.25, -0.2) is 0 Å². The molecule has 1 aliphatic rings. The molecule has 2 N–H and O–H groups in total. The molecule has 2 atom stereocenters. The Morgan fingerprint density at radius 1 is 1.33 bits per heavy atom. The minimum Gasteiger partial charge on any atom is -0.493 e. The third-order valence-electron chi connectivity index (χ3n) is 3.21. The van der Waals surface area contributed by atoms with Crippen LogP contribution in [0, 0.1) is 5.92 Å². The maximum Gasteiger partial charge on any atom is 0.119 e. The lowest BCUT2D eigenvalue weighted by molar-refractivity contribution is 0.0900. The minimum absolute atomic E-state index is 0.0216. The van der Waals surface area contributed by atoms with Gasteiger partial charge in [0.25, 0.3) is 0 Å². The lowest BCUT2D eigenvalue weighted by atomic mass is 10.0. The number of ether oxygens (including phenoxy) is 2. The molecule has 0 amide bonds. The molecule has 2 unspecified atom stereocenters. The van der Waals surface area contributed by atoms with E-state index in [1.165, 1.54) is 0 Å². The molecular formula is C15H23NO2. The Kier molecular flexibility index (Phi) is 4.61. The van der Waals surface area contributed by atoms with Crippen molar-refractivity contribution >= 4 is 0 Å². The Balaban J connectivity index is 1.93. The fourth-order valence-electron chi connectivity index (χ4n) is 2.15. The Morgan fingerprint density at radius 2 is 2.06 bits per heavy atom. The molecule has 18 heavy (non-hydrogen) atoms. The van der Waals surface area contributed by atoms with Gasteiger partial charge in [-0.15, -0.1) is 0 Å². The summed E-state index contributed by atoms with van der Waals surface area (Å²) in [4.78, 5) is 0. The van der Waals surface area contributed by atoms with E-state index in [1.54, 1.807) is 0 Å². The van der Waals surface area contributed by atoms with Gasteiger partial charge in [0.15, 0.2) is 0 Å². The molecule has 0 spiro atoms. The zero-order valence-corrected chi connectivity index (χ0v) is 11.3. The molecular weight excluding hydrogens is 226 g/mol. The van der Waals surface area contributed by atoms with E-state index < -0.39 is 0 Å². The number of benzene rings is 1. The van der Waals surface area contributed by atoms with Crippen molar-refractivity contribution in [2.75, 3.05) is 13.2 Å². The van der Waals surface area contributed by atoms with Crippen molar-refractivity contribution in [1.29, 1.82) is 0 Å². The summed E-state index contributed by atoms with van der Waals surface area (Å²) in [6, 6.07) is 8.05. The highest BCUT2D eigenvalue weighted by molar-refractivity contribution is 5.29. The molecule has 3 nitrogen and oxygen atoms in total. The van der Waals surface area contributed by atoms with Crippen LogP contribution in [0.3, 0.4) is 0 Å². The molecule has 2 rings (SSSR count). The molecule has 1 fully saturated rings. The molecule has 1 heterocycles. The van der Waals surface area contributed by atoms with Crippen molar-refractivity contribution in [3.8, 4) is 5.75 Å². The topological polar surface area (TPSA) is 44.5 Å². The third-order valence-corrected chi connectivity index (χ3v) is 3.21. The van der Waals surface area contributed by atoms with Crippen LogP contribution in [-0.4, -0.2) is 19.3 Å². The first kappa shape index (κ1) is 13.4. The van der Waals surface area contributed by atoms with Gasteiger partial charge >= 0.3 is 0 Å². The van der Waals surface area contributed by atoms with Crippen molar-refractivity contribution < 1.29 is 9.47 Å².